The normalized spacial score (nSPS) is 12.2. The second-order valence-electron chi connectivity index (χ2n) is 2.67. The number of nitrogens with one attached hydrogen (secondary N) is 2. The molecule has 5 heteroatoms. The maximum Gasteiger partial charge on any atom is 0.319 e. The highest BCUT2D eigenvalue weighted by Crippen LogP contribution is 2.11. The summed E-state index contributed by atoms with van der Waals surface area (Å²) in [4.78, 5) is 11.1. The lowest BCUT2D eigenvalue weighted by molar-refractivity contribution is 0.246. The van der Waals surface area contributed by atoms with Gasteiger partial charge in [0.25, 0.3) is 0 Å². The lowest BCUT2D eigenvalue weighted by atomic mass is 10.4. The summed E-state index contributed by atoms with van der Waals surface area (Å²) < 4.78 is 12.0. The second kappa shape index (κ2) is 4.81. The van der Waals surface area contributed by atoms with Crippen LogP contribution < -0.4 is 10.6 Å². The Balaban J connectivity index is 2.34. The van der Waals surface area contributed by atoms with Crippen molar-refractivity contribution in [1.82, 2.24) is 5.32 Å². The number of anilines is 1. The molecular weight excluding hydrogens is 191 g/mol. The summed E-state index contributed by atoms with van der Waals surface area (Å²) in [6, 6.07) is 0.965. The van der Waals surface area contributed by atoms with Crippen LogP contribution >= 0.6 is 11.3 Å². The van der Waals surface area contributed by atoms with Gasteiger partial charge in [-0.05, 0) is 18.4 Å². The topological polar surface area (TPSA) is 41.1 Å². The van der Waals surface area contributed by atoms with Gasteiger partial charge in [0.15, 0.2) is 0 Å². The van der Waals surface area contributed by atoms with E-state index < -0.39 is 12.7 Å². The van der Waals surface area contributed by atoms with Gasteiger partial charge in [-0.1, -0.05) is 0 Å². The number of alkyl halides is 1. The number of halogens is 1. The molecule has 2 N–H and O–H groups in total. The summed E-state index contributed by atoms with van der Waals surface area (Å²) in [5, 5.41) is 8.69. The van der Waals surface area contributed by atoms with Crippen molar-refractivity contribution in [3.63, 3.8) is 0 Å². The average Bonchev–Trinajstić information content (AvgIpc) is 2.56. The zero-order valence-electron chi connectivity index (χ0n) is 7.21. The molecule has 1 heterocycles. The first-order valence-electron chi connectivity index (χ1n) is 3.88. The number of carbonyl (C=O) groups is 1. The lowest BCUT2D eigenvalue weighted by Crippen LogP contribution is -2.37. The summed E-state index contributed by atoms with van der Waals surface area (Å²) in [6.07, 6.45) is 0. The third-order valence-corrected chi connectivity index (χ3v) is 2.07. The minimum absolute atomic E-state index is 0.372. The molecule has 0 aliphatic rings. The number of hydrogen-bond donors (Lipinski definition) is 2. The fourth-order valence-electron chi connectivity index (χ4n) is 0.765. The van der Waals surface area contributed by atoms with Gasteiger partial charge in [0.1, 0.15) is 6.67 Å². The van der Waals surface area contributed by atoms with Crippen LogP contribution in [-0.2, 0) is 0 Å². The van der Waals surface area contributed by atoms with Crippen LogP contribution in [0.4, 0.5) is 14.9 Å². The van der Waals surface area contributed by atoms with Crippen LogP contribution in [0.1, 0.15) is 6.92 Å². The smallest absolute Gasteiger partial charge is 0.319 e. The van der Waals surface area contributed by atoms with Crippen LogP contribution in [0.2, 0.25) is 0 Å². The van der Waals surface area contributed by atoms with Gasteiger partial charge in [-0.2, -0.15) is 11.3 Å². The predicted octanol–water partition coefficient (Wildman–Crippen LogP) is 2.23. The first-order chi connectivity index (χ1) is 6.22. The van der Waals surface area contributed by atoms with Crippen LogP contribution in [0.3, 0.4) is 0 Å². The summed E-state index contributed by atoms with van der Waals surface area (Å²) in [6.45, 7) is 1.05. The van der Waals surface area contributed by atoms with Crippen molar-refractivity contribution in [2.24, 2.45) is 0 Å². The molecule has 0 aliphatic heterocycles. The Morgan fingerprint density at radius 2 is 2.54 bits per heavy atom. The monoisotopic (exact) mass is 202 g/mol. The van der Waals surface area contributed by atoms with E-state index in [1.54, 1.807) is 18.4 Å². The fourth-order valence-corrected chi connectivity index (χ4v) is 1.35. The maximum atomic E-state index is 12.0. The summed E-state index contributed by atoms with van der Waals surface area (Å²) in [7, 11) is 0. The SMILES string of the molecule is CC(CF)NC(=O)Nc1ccsc1. The van der Waals surface area contributed by atoms with E-state index in [2.05, 4.69) is 10.6 Å². The van der Waals surface area contributed by atoms with E-state index >= 15 is 0 Å². The molecule has 0 radical (unpaired) electrons. The van der Waals surface area contributed by atoms with E-state index in [9.17, 15) is 9.18 Å². The van der Waals surface area contributed by atoms with Crippen molar-refractivity contribution in [3.05, 3.63) is 16.8 Å². The van der Waals surface area contributed by atoms with Crippen molar-refractivity contribution >= 4 is 23.1 Å². The Labute approximate surface area is 80.0 Å². The molecule has 13 heavy (non-hydrogen) atoms. The van der Waals surface area contributed by atoms with Gasteiger partial charge in [-0.3, -0.25) is 0 Å². The third kappa shape index (κ3) is 3.42. The molecule has 0 bridgehead atoms. The van der Waals surface area contributed by atoms with Crippen LogP contribution in [0.5, 0.6) is 0 Å². The molecule has 3 nitrogen and oxygen atoms in total. The molecule has 0 fully saturated rings. The van der Waals surface area contributed by atoms with Gasteiger partial charge >= 0.3 is 6.03 Å². The molecule has 2 amide bonds. The van der Waals surface area contributed by atoms with Gasteiger partial charge in [0.05, 0.1) is 11.7 Å². The molecule has 0 saturated carbocycles. The van der Waals surface area contributed by atoms with E-state index in [-0.39, 0.29) is 6.03 Å². The van der Waals surface area contributed by atoms with Gasteiger partial charge < -0.3 is 10.6 Å². The van der Waals surface area contributed by atoms with E-state index in [1.165, 1.54) is 11.3 Å². The van der Waals surface area contributed by atoms with Gasteiger partial charge in [-0.25, -0.2) is 9.18 Å². The summed E-state index contributed by atoms with van der Waals surface area (Å²) >= 11 is 1.49. The van der Waals surface area contributed by atoms with E-state index in [0.29, 0.717) is 0 Å². The zero-order valence-corrected chi connectivity index (χ0v) is 8.03. The van der Waals surface area contributed by atoms with Crippen molar-refractivity contribution in [1.29, 1.82) is 0 Å². The van der Waals surface area contributed by atoms with Crippen molar-refractivity contribution in [2.45, 2.75) is 13.0 Å². The predicted molar refractivity (Wildman–Crippen MR) is 51.9 cm³/mol. The standard InChI is InChI=1S/C8H11FN2OS/c1-6(4-9)10-8(12)11-7-2-3-13-5-7/h2-3,5-6H,4H2,1H3,(H2,10,11,12). The highest BCUT2D eigenvalue weighted by Gasteiger charge is 2.06. The Hall–Kier alpha value is -1.10. The van der Waals surface area contributed by atoms with E-state index in [4.69, 9.17) is 0 Å². The molecule has 1 rings (SSSR count). The van der Waals surface area contributed by atoms with Gasteiger partial charge in [-0.15, -0.1) is 0 Å². The molecule has 0 aromatic carbocycles. The molecule has 1 aromatic heterocycles. The highest BCUT2D eigenvalue weighted by atomic mass is 32.1. The molecule has 0 saturated heterocycles. The average molecular weight is 202 g/mol. The Morgan fingerprint density at radius 1 is 1.77 bits per heavy atom. The minimum atomic E-state index is -0.558. The summed E-state index contributed by atoms with van der Waals surface area (Å²) in [5.74, 6) is 0. The third-order valence-electron chi connectivity index (χ3n) is 1.39. The minimum Gasteiger partial charge on any atom is -0.333 e. The molecule has 1 aromatic rings. The number of hydrogen-bond acceptors (Lipinski definition) is 2. The zero-order chi connectivity index (χ0) is 9.68. The number of urea groups is 1. The Morgan fingerprint density at radius 3 is 3.08 bits per heavy atom. The molecule has 0 aliphatic carbocycles. The van der Waals surface area contributed by atoms with E-state index in [1.807, 2.05) is 5.38 Å². The van der Waals surface area contributed by atoms with Crippen molar-refractivity contribution in [3.8, 4) is 0 Å². The Bertz CT molecular complexity index is 263. The molecular formula is C8H11FN2OS. The Kier molecular flexibility index (Phi) is 3.70. The number of amides is 2. The quantitative estimate of drug-likeness (QED) is 0.775. The maximum absolute atomic E-state index is 12.0. The van der Waals surface area contributed by atoms with Gasteiger partial charge in [0, 0.05) is 5.38 Å². The first-order valence-corrected chi connectivity index (χ1v) is 4.82. The highest BCUT2D eigenvalue weighted by molar-refractivity contribution is 7.08. The first kappa shape index (κ1) is 9.98. The van der Waals surface area contributed by atoms with Crippen molar-refractivity contribution < 1.29 is 9.18 Å². The fraction of sp³-hybridized carbons (Fsp3) is 0.375. The van der Waals surface area contributed by atoms with E-state index in [0.717, 1.165) is 5.69 Å². The van der Waals surface area contributed by atoms with Crippen LogP contribution in [-0.4, -0.2) is 18.7 Å². The number of carbonyl (C=O) groups excluding carboxylic acids is 1. The molecule has 72 valence electrons. The summed E-state index contributed by atoms with van der Waals surface area (Å²) in [5.41, 5.74) is 0.730. The van der Waals surface area contributed by atoms with Crippen LogP contribution in [0.25, 0.3) is 0 Å². The lowest BCUT2D eigenvalue weighted by Gasteiger charge is -2.09. The van der Waals surface area contributed by atoms with Crippen molar-refractivity contribution in [2.75, 3.05) is 12.0 Å². The molecule has 0 spiro atoms. The van der Waals surface area contributed by atoms with Crippen LogP contribution in [0, 0.1) is 0 Å². The largest absolute Gasteiger partial charge is 0.333 e. The number of rotatable bonds is 3. The molecule has 1 unspecified atom stereocenters. The van der Waals surface area contributed by atoms with Crippen LogP contribution in [0.15, 0.2) is 16.8 Å². The molecule has 1 atom stereocenters. The second-order valence-corrected chi connectivity index (χ2v) is 3.45. The number of thiophene rings is 1. The van der Waals surface area contributed by atoms with Gasteiger partial charge in [0.2, 0.25) is 0 Å².